The van der Waals surface area contributed by atoms with Gasteiger partial charge < -0.3 is 10.2 Å². The van der Waals surface area contributed by atoms with Crippen molar-refractivity contribution in [1.82, 2.24) is 20.0 Å². The molecule has 3 aliphatic heterocycles. The molecule has 4 heteroatoms. The summed E-state index contributed by atoms with van der Waals surface area (Å²) < 4.78 is 0. The first-order valence-corrected chi connectivity index (χ1v) is 12.5. The number of hydrogen-bond donors (Lipinski definition) is 1. The second-order valence-electron chi connectivity index (χ2n) is 9.83. The predicted molar refractivity (Wildman–Crippen MR) is 123 cm³/mol. The number of hydrogen-bond acceptors (Lipinski definition) is 4. The second-order valence-corrected chi connectivity index (χ2v) is 9.83. The van der Waals surface area contributed by atoms with Gasteiger partial charge in [0.05, 0.1) is 0 Å². The molecule has 3 heterocycles. The van der Waals surface area contributed by atoms with E-state index < -0.39 is 0 Å². The smallest absolute Gasteiger partial charge is 0.0280 e. The van der Waals surface area contributed by atoms with Gasteiger partial charge in [-0.05, 0) is 90.5 Å². The van der Waals surface area contributed by atoms with Crippen molar-refractivity contribution in [2.75, 3.05) is 65.4 Å². The third kappa shape index (κ3) is 7.59. The predicted octanol–water partition coefficient (Wildman–Crippen LogP) is 3.92. The number of piperidine rings is 2. The van der Waals surface area contributed by atoms with Gasteiger partial charge in [-0.2, -0.15) is 0 Å². The van der Waals surface area contributed by atoms with Crippen molar-refractivity contribution < 1.29 is 0 Å². The molecule has 0 saturated carbocycles. The van der Waals surface area contributed by atoms with Crippen LogP contribution < -0.4 is 5.32 Å². The normalized spacial score (nSPS) is 26.0. The zero-order valence-corrected chi connectivity index (χ0v) is 19.8. The zero-order valence-electron chi connectivity index (χ0n) is 19.8. The van der Waals surface area contributed by atoms with Crippen LogP contribution in [0, 0.1) is 11.8 Å². The molecule has 1 N–H and O–H groups in total. The van der Waals surface area contributed by atoms with Crippen LogP contribution in [0.3, 0.4) is 0 Å². The number of rotatable bonds is 7. The Morgan fingerprint density at radius 2 is 1.43 bits per heavy atom. The molecule has 4 nitrogen and oxygen atoms in total. The maximum atomic E-state index is 3.50. The van der Waals surface area contributed by atoms with Crippen LogP contribution >= 0.6 is 0 Å². The van der Waals surface area contributed by atoms with Gasteiger partial charge in [0.2, 0.25) is 0 Å². The molecule has 0 unspecified atom stereocenters. The summed E-state index contributed by atoms with van der Waals surface area (Å²) in [6, 6.07) is 0. The SMILES string of the molecule is CC.CCCCN1CCN(CC2CCN(CC3CCNCC3)CC2)CC1(C)C. The first-order chi connectivity index (χ1) is 13.6. The highest BCUT2D eigenvalue weighted by Gasteiger charge is 2.34. The first kappa shape index (κ1) is 24.1. The summed E-state index contributed by atoms with van der Waals surface area (Å²) in [7, 11) is 0. The van der Waals surface area contributed by atoms with Crippen molar-refractivity contribution in [3.8, 4) is 0 Å². The fourth-order valence-electron chi connectivity index (χ4n) is 5.36. The van der Waals surface area contributed by atoms with E-state index in [1.165, 1.54) is 104 Å². The molecular formula is C24H50N4. The first-order valence-electron chi connectivity index (χ1n) is 12.5. The lowest BCUT2D eigenvalue weighted by Crippen LogP contribution is -2.60. The van der Waals surface area contributed by atoms with Gasteiger partial charge in [-0.1, -0.05) is 27.2 Å². The Morgan fingerprint density at radius 3 is 2.04 bits per heavy atom. The largest absolute Gasteiger partial charge is 0.317 e. The maximum absolute atomic E-state index is 3.50. The van der Waals surface area contributed by atoms with Crippen molar-refractivity contribution in [1.29, 1.82) is 0 Å². The van der Waals surface area contributed by atoms with E-state index in [0.717, 1.165) is 11.8 Å². The molecule has 0 spiro atoms. The van der Waals surface area contributed by atoms with Crippen LogP contribution in [-0.4, -0.2) is 85.7 Å². The highest BCUT2D eigenvalue weighted by atomic mass is 15.3. The second kappa shape index (κ2) is 12.5. The van der Waals surface area contributed by atoms with Gasteiger partial charge >= 0.3 is 0 Å². The van der Waals surface area contributed by atoms with Gasteiger partial charge in [-0.15, -0.1) is 0 Å². The molecule has 0 aromatic heterocycles. The summed E-state index contributed by atoms with van der Waals surface area (Å²) in [5, 5.41) is 3.50. The van der Waals surface area contributed by atoms with Gasteiger partial charge in [0.1, 0.15) is 0 Å². The fourth-order valence-corrected chi connectivity index (χ4v) is 5.36. The van der Waals surface area contributed by atoms with Gasteiger partial charge in [0, 0.05) is 38.3 Å². The Labute approximate surface area is 176 Å². The van der Waals surface area contributed by atoms with E-state index in [9.17, 15) is 0 Å². The molecule has 0 bridgehead atoms. The van der Waals surface area contributed by atoms with Gasteiger partial charge in [-0.25, -0.2) is 0 Å². The minimum absolute atomic E-state index is 0.350. The quantitative estimate of drug-likeness (QED) is 0.706. The highest BCUT2D eigenvalue weighted by molar-refractivity contribution is 4.91. The number of likely N-dealkylation sites (tertiary alicyclic amines) is 1. The van der Waals surface area contributed by atoms with Crippen LogP contribution in [0.15, 0.2) is 0 Å². The van der Waals surface area contributed by atoms with E-state index in [1.54, 1.807) is 0 Å². The Morgan fingerprint density at radius 1 is 0.821 bits per heavy atom. The van der Waals surface area contributed by atoms with E-state index in [1.807, 2.05) is 13.8 Å². The van der Waals surface area contributed by atoms with Crippen molar-refractivity contribution >= 4 is 0 Å². The average Bonchev–Trinajstić information content (AvgIpc) is 2.71. The Hall–Kier alpha value is -0.160. The van der Waals surface area contributed by atoms with Crippen molar-refractivity contribution in [3.05, 3.63) is 0 Å². The molecule has 3 aliphatic rings. The standard InChI is InChI=1S/C22H44N4.C2H6/c1-4-5-12-26-16-15-25(19-22(26,2)3)18-21-8-13-24(14-9-21)17-20-6-10-23-11-7-20;1-2/h20-21,23H,4-19H2,1-3H3;1-2H3. The highest BCUT2D eigenvalue weighted by Crippen LogP contribution is 2.25. The summed E-state index contributed by atoms with van der Waals surface area (Å²) in [6.45, 7) is 24.2. The zero-order chi connectivity index (χ0) is 20.4. The molecule has 0 aliphatic carbocycles. The Kier molecular flexibility index (Phi) is 10.8. The van der Waals surface area contributed by atoms with E-state index in [4.69, 9.17) is 0 Å². The molecule has 0 atom stereocenters. The van der Waals surface area contributed by atoms with Crippen LogP contribution in [0.4, 0.5) is 0 Å². The average molecular weight is 395 g/mol. The third-order valence-corrected chi connectivity index (χ3v) is 7.13. The lowest BCUT2D eigenvalue weighted by Gasteiger charge is -2.48. The number of nitrogens with zero attached hydrogens (tertiary/aromatic N) is 3. The van der Waals surface area contributed by atoms with Crippen LogP contribution in [0.2, 0.25) is 0 Å². The molecule has 0 aromatic rings. The van der Waals surface area contributed by atoms with Crippen molar-refractivity contribution in [3.63, 3.8) is 0 Å². The van der Waals surface area contributed by atoms with Gasteiger partial charge in [0.15, 0.2) is 0 Å². The van der Waals surface area contributed by atoms with E-state index >= 15 is 0 Å². The minimum Gasteiger partial charge on any atom is -0.317 e. The molecule has 166 valence electrons. The van der Waals surface area contributed by atoms with E-state index in [0.29, 0.717) is 5.54 Å². The van der Waals surface area contributed by atoms with E-state index in [-0.39, 0.29) is 0 Å². The number of piperazine rings is 1. The summed E-state index contributed by atoms with van der Waals surface area (Å²) in [4.78, 5) is 8.27. The lowest BCUT2D eigenvalue weighted by molar-refractivity contribution is 0.00689. The molecule has 0 aromatic carbocycles. The molecule has 0 radical (unpaired) electrons. The number of nitrogens with one attached hydrogen (secondary N) is 1. The molecule has 3 rings (SSSR count). The van der Waals surface area contributed by atoms with Crippen LogP contribution in [0.1, 0.15) is 73.1 Å². The molecular weight excluding hydrogens is 344 g/mol. The Bertz CT molecular complexity index is 397. The van der Waals surface area contributed by atoms with Crippen LogP contribution in [0.25, 0.3) is 0 Å². The number of unbranched alkanes of at least 4 members (excludes halogenated alkanes) is 1. The van der Waals surface area contributed by atoms with Gasteiger partial charge in [-0.3, -0.25) is 9.80 Å². The molecule has 28 heavy (non-hydrogen) atoms. The summed E-state index contributed by atoms with van der Waals surface area (Å²) in [6.07, 6.45) is 8.27. The monoisotopic (exact) mass is 394 g/mol. The fraction of sp³-hybridized carbons (Fsp3) is 1.00. The van der Waals surface area contributed by atoms with Crippen LogP contribution in [0.5, 0.6) is 0 Å². The van der Waals surface area contributed by atoms with Gasteiger partial charge in [0.25, 0.3) is 0 Å². The van der Waals surface area contributed by atoms with Crippen molar-refractivity contribution in [2.45, 2.75) is 78.7 Å². The molecule has 3 saturated heterocycles. The molecule has 3 fully saturated rings. The molecule has 0 amide bonds. The minimum atomic E-state index is 0.350. The third-order valence-electron chi connectivity index (χ3n) is 7.13. The van der Waals surface area contributed by atoms with Crippen molar-refractivity contribution in [2.24, 2.45) is 11.8 Å². The summed E-state index contributed by atoms with van der Waals surface area (Å²) >= 11 is 0. The van der Waals surface area contributed by atoms with Crippen LogP contribution in [-0.2, 0) is 0 Å². The summed E-state index contributed by atoms with van der Waals surface area (Å²) in [5.41, 5.74) is 0.350. The van der Waals surface area contributed by atoms with E-state index in [2.05, 4.69) is 40.8 Å². The topological polar surface area (TPSA) is 21.8 Å². The lowest BCUT2D eigenvalue weighted by atomic mass is 9.91. The summed E-state index contributed by atoms with van der Waals surface area (Å²) in [5.74, 6) is 1.88. The Balaban J connectivity index is 0.00000136. The maximum Gasteiger partial charge on any atom is 0.0280 e.